The molecular formula is C12H14BrFO2. The Labute approximate surface area is 103 Å². The Hall–Kier alpha value is -0.450. The van der Waals surface area contributed by atoms with E-state index in [1.165, 1.54) is 6.07 Å². The van der Waals surface area contributed by atoms with Crippen molar-refractivity contribution in [2.45, 2.75) is 18.9 Å². The molecule has 2 nitrogen and oxygen atoms in total. The number of benzene rings is 1. The third-order valence-corrected chi connectivity index (χ3v) is 3.44. The van der Waals surface area contributed by atoms with Crippen molar-refractivity contribution in [2.24, 2.45) is 5.92 Å². The van der Waals surface area contributed by atoms with Gasteiger partial charge in [-0.25, -0.2) is 4.39 Å². The minimum Gasteiger partial charge on any atom is -0.392 e. The molecule has 0 amide bonds. The summed E-state index contributed by atoms with van der Waals surface area (Å²) >= 11 is 3.30. The number of ether oxygens (including phenoxy) is 1. The SMILES string of the molecule is OC(Cc1cc(Br)ccc1F)C1CCOC1. The van der Waals surface area contributed by atoms with Crippen molar-refractivity contribution >= 4 is 15.9 Å². The molecule has 1 saturated heterocycles. The lowest BCUT2D eigenvalue weighted by Gasteiger charge is -2.16. The molecule has 0 radical (unpaired) electrons. The molecule has 4 heteroatoms. The summed E-state index contributed by atoms with van der Waals surface area (Å²) < 4.78 is 19.5. The molecule has 1 fully saturated rings. The Kier molecular flexibility index (Phi) is 3.95. The number of hydrogen-bond acceptors (Lipinski definition) is 2. The second kappa shape index (κ2) is 5.25. The van der Waals surface area contributed by atoms with Crippen LogP contribution in [-0.2, 0) is 11.2 Å². The summed E-state index contributed by atoms with van der Waals surface area (Å²) in [6.07, 6.45) is 0.683. The van der Waals surface area contributed by atoms with E-state index < -0.39 is 6.10 Å². The maximum Gasteiger partial charge on any atom is 0.126 e. The first-order valence-corrected chi connectivity index (χ1v) is 6.16. The van der Waals surface area contributed by atoms with Crippen molar-refractivity contribution in [3.63, 3.8) is 0 Å². The number of rotatable bonds is 3. The van der Waals surface area contributed by atoms with Crippen LogP contribution in [0.25, 0.3) is 0 Å². The highest BCUT2D eigenvalue weighted by Gasteiger charge is 2.24. The average molecular weight is 289 g/mol. The van der Waals surface area contributed by atoms with E-state index in [1.807, 2.05) is 0 Å². The third-order valence-electron chi connectivity index (χ3n) is 2.95. The van der Waals surface area contributed by atoms with Crippen LogP contribution >= 0.6 is 15.9 Å². The molecule has 16 heavy (non-hydrogen) atoms. The molecule has 2 rings (SSSR count). The molecule has 2 unspecified atom stereocenters. The first-order valence-electron chi connectivity index (χ1n) is 5.36. The van der Waals surface area contributed by atoms with Crippen molar-refractivity contribution in [1.29, 1.82) is 0 Å². The molecule has 0 spiro atoms. The van der Waals surface area contributed by atoms with E-state index >= 15 is 0 Å². The van der Waals surface area contributed by atoms with Gasteiger partial charge in [0.05, 0.1) is 12.7 Å². The van der Waals surface area contributed by atoms with E-state index in [9.17, 15) is 9.50 Å². The number of aliphatic hydroxyl groups excluding tert-OH is 1. The Balaban J connectivity index is 2.04. The zero-order valence-electron chi connectivity index (χ0n) is 8.83. The summed E-state index contributed by atoms with van der Waals surface area (Å²) in [7, 11) is 0. The van der Waals surface area contributed by atoms with E-state index in [2.05, 4.69) is 15.9 Å². The van der Waals surface area contributed by atoms with Crippen LogP contribution < -0.4 is 0 Å². The molecule has 0 bridgehead atoms. The van der Waals surface area contributed by atoms with Gasteiger partial charge in [0.15, 0.2) is 0 Å². The minimum atomic E-state index is -0.522. The van der Waals surface area contributed by atoms with Gasteiger partial charge in [0.25, 0.3) is 0 Å². The Morgan fingerprint density at radius 2 is 2.38 bits per heavy atom. The Morgan fingerprint density at radius 3 is 3.06 bits per heavy atom. The maximum atomic E-state index is 13.5. The molecule has 2 atom stereocenters. The first kappa shape index (κ1) is 12.0. The van der Waals surface area contributed by atoms with Gasteiger partial charge in [-0.3, -0.25) is 0 Å². The molecule has 1 aromatic carbocycles. The van der Waals surface area contributed by atoms with Gasteiger partial charge in [-0.1, -0.05) is 15.9 Å². The normalized spacial score (nSPS) is 22.3. The quantitative estimate of drug-likeness (QED) is 0.926. The van der Waals surface area contributed by atoms with Crippen molar-refractivity contribution < 1.29 is 14.2 Å². The fourth-order valence-corrected chi connectivity index (χ4v) is 2.36. The van der Waals surface area contributed by atoms with Crippen LogP contribution in [0, 0.1) is 11.7 Å². The predicted octanol–water partition coefficient (Wildman–Crippen LogP) is 2.53. The van der Waals surface area contributed by atoms with Gasteiger partial charge in [-0.05, 0) is 30.2 Å². The van der Waals surface area contributed by atoms with E-state index in [4.69, 9.17) is 4.74 Å². The topological polar surface area (TPSA) is 29.5 Å². The lowest BCUT2D eigenvalue weighted by molar-refractivity contribution is 0.0911. The Bertz CT molecular complexity index is 364. The van der Waals surface area contributed by atoms with E-state index in [0.29, 0.717) is 25.2 Å². The van der Waals surface area contributed by atoms with Crippen molar-refractivity contribution in [2.75, 3.05) is 13.2 Å². The summed E-state index contributed by atoms with van der Waals surface area (Å²) in [6.45, 7) is 1.28. The van der Waals surface area contributed by atoms with Crippen LogP contribution in [0.15, 0.2) is 22.7 Å². The molecule has 1 heterocycles. The van der Waals surface area contributed by atoms with E-state index in [0.717, 1.165) is 10.9 Å². The number of hydrogen-bond donors (Lipinski definition) is 1. The average Bonchev–Trinajstić information content (AvgIpc) is 2.76. The second-order valence-corrected chi connectivity index (χ2v) is 5.05. The summed E-state index contributed by atoms with van der Waals surface area (Å²) in [5, 5.41) is 9.96. The summed E-state index contributed by atoms with van der Waals surface area (Å²) in [4.78, 5) is 0. The van der Waals surface area contributed by atoms with E-state index in [1.54, 1.807) is 12.1 Å². The van der Waals surface area contributed by atoms with Crippen LogP contribution in [0.1, 0.15) is 12.0 Å². The highest BCUT2D eigenvalue weighted by molar-refractivity contribution is 9.10. The van der Waals surface area contributed by atoms with Crippen molar-refractivity contribution in [3.8, 4) is 0 Å². The summed E-state index contributed by atoms with van der Waals surface area (Å²) in [5.41, 5.74) is 0.550. The zero-order valence-corrected chi connectivity index (χ0v) is 10.4. The molecule has 1 aliphatic heterocycles. The smallest absolute Gasteiger partial charge is 0.126 e. The minimum absolute atomic E-state index is 0.137. The van der Waals surface area contributed by atoms with Crippen molar-refractivity contribution in [1.82, 2.24) is 0 Å². The fourth-order valence-electron chi connectivity index (χ4n) is 1.95. The third kappa shape index (κ3) is 2.81. The summed E-state index contributed by atoms with van der Waals surface area (Å²) in [5.74, 6) is -0.125. The van der Waals surface area contributed by atoms with Gasteiger partial charge in [0, 0.05) is 23.4 Å². The van der Waals surface area contributed by atoms with Gasteiger partial charge in [-0.2, -0.15) is 0 Å². The maximum absolute atomic E-state index is 13.5. The highest BCUT2D eigenvalue weighted by Crippen LogP contribution is 2.22. The molecular weight excluding hydrogens is 275 g/mol. The van der Waals surface area contributed by atoms with Gasteiger partial charge in [0.1, 0.15) is 5.82 Å². The van der Waals surface area contributed by atoms with Gasteiger partial charge in [0.2, 0.25) is 0 Å². The highest BCUT2D eigenvalue weighted by atomic mass is 79.9. The van der Waals surface area contributed by atoms with Crippen LogP contribution in [0.4, 0.5) is 4.39 Å². The molecule has 1 aliphatic rings. The van der Waals surface area contributed by atoms with Gasteiger partial charge < -0.3 is 9.84 Å². The van der Waals surface area contributed by atoms with Crippen LogP contribution in [0.3, 0.4) is 0 Å². The molecule has 0 saturated carbocycles. The van der Waals surface area contributed by atoms with Gasteiger partial charge >= 0.3 is 0 Å². The molecule has 0 aromatic heterocycles. The Morgan fingerprint density at radius 1 is 1.56 bits per heavy atom. The van der Waals surface area contributed by atoms with Gasteiger partial charge in [-0.15, -0.1) is 0 Å². The van der Waals surface area contributed by atoms with Crippen LogP contribution in [0.5, 0.6) is 0 Å². The largest absolute Gasteiger partial charge is 0.392 e. The monoisotopic (exact) mass is 288 g/mol. The predicted molar refractivity (Wildman–Crippen MR) is 62.7 cm³/mol. The molecule has 88 valence electrons. The molecule has 1 aromatic rings. The molecule has 1 N–H and O–H groups in total. The number of aliphatic hydroxyl groups is 1. The lowest BCUT2D eigenvalue weighted by atomic mass is 9.95. The lowest BCUT2D eigenvalue weighted by Crippen LogP contribution is -2.23. The molecule has 0 aliphatic carbocycles. The van der Waals surface area contributed by atoms with Crippen LogP contribution in [-0.4, -0.2) is 24.4 Å². The number of halogens is 2. The first-order chi connectivity index (χ1) is 7.66. The van der Waals surface area contributed by atoms with E-state index in [-0.39, 0.29) is 11.7 Å². The second-order valence-electron chi connectivity index (χ2n) is 4.13. The van der Waals surface area contributed by atoms with Crippen molar-refractivity contribution in [3.05, 3.63) is 34.1 Å². The van der Waals surface area contributed by atoms with Crippen LogP contribution in [0.2, 0.25) is 0 Å². The fraction of sp³-hybridized carbons (Fsp3) is 0.500. The zero-order chi connectivity index (χ0) is 11.5. The summed E-state index contributed by atoms with van der Waals surface area (Å²) in [6, 6.07) is 4.79. The standard InChI is InChI=1S/C12H14BrFO2/c13-10-1-2-11(14)9(5-10)6-12(15)8-3-4-16-7-8/h1-2,5,8,12,15H,3-4,6-7H2.